The highest BCUT2D eigenvalue weighted by Gasteiger charge is 2.25. The second kappa shape index (κ2) is 8.22. The molecular formula is C21H29N3O4. The Balaban J connectivity index is 1.58. The molecule has 0 spiro atoms. The summed E-state index contributed by atoms with van der Waals surface area (Å²) >= 11 is 0. The number of methoxy groups -OCH3 is 2. The summed E-state index contributed by atoms with van der Waals surface area (Å²) in [6, 6.07) is 5.27. The van der Waals surface area contributed by atoms with Crippen molar-refractivity contribution in [3.8, 4) is 11.5 Å². The van der Waals surface area contributed by atoms with Crippen molar-refractivity contribution in [2.45, 2.75) is 32.7 Å². The normalized spacial score (nSPS) is 15.5. The van der Waals surface area contributed by atoms with Gasteiger partial charge >= 0.3 is 0 Å². The smallest absolute Gasteiger partial charge is 0.254 e. The van der Waals surface area contributed by atoms with Crippen LogP contribution in [0.4, 0.5) is 0 Å². The molecule has 7 heteroatoms. The van der Waals surface area contributed by atoms with Gasteiger partial charge in [-0.1, -0.05) is 20.8 Å². The molecule has 0 N–H and O–H groups in total. The zero-order chi connectivity index (χ0) is 20.3. The average Bonchev–Trinajstić information content (AvgIpc) is 3.16. The Kier molecular flexibility index (Phi) is 5.93. The van der Waals surface area contributed by atoms with E-state index in [1.807, 2.05) is 11.1 Å². The van der Waals surface area contributed by atoms with Crippen LogP contribution in [0.3, 0.4) is 0 Å². The molecule has 3 rings (SSSR count). The molecule has 2 aromatic rings. The number of nitrogens with zero attached hydrogens (tertiary/aromatic N) is 3. The lowest BCUT2D eigenvalue weighted by Crippen LogP contribution is -2.48. The summed E-state index contributed by atoms with van der Waals surface area (Å²) in [6.45, 7) is 9.88. The van der Waals surface area contributed by atoms with Gasteiger partial charge < -0.3 is 18.8 Å². The first-order valence-corrected chi connectivity index (χ1v) is 9.50. The van der Waals surface area contributed by atoms with Crippen molar-refractivity contribution in [2.75, 3.05) is 40.4 Å². The molecule has 1 saturated heterocycles. The van der Waals surface area contributed by atoms with Gasteiger partial charge in [0.25, 0.3) is 5.91 Å². The van der Waals surface area contributed by atoms with Crippen molar-refractivity contribution in [3.05, 3.63) is 41.6 Å². The number of oxazole rings is 1. The molecule has 1 aliphatic heterocycles. The maximum absolute atomic E-state index is 12.8. The lowest BCUT2D eigenvalue weighted by molar-refractivity contribution is 0.0616. The number of hydrogen-bond donors (Lipinski definition) is 0. The van der Waals surface area contributed by atoms with E-state index in [9.17, 15) is 4.79 Å². The van der Waals surface area contributed by atoms with Gasteiger partial charge in [-0.25, -0.2) is 4.98 Å². The predicted molar refractivity (Wildman–Crippen MR) is 106 cm³/mol. The summed E-state index contributed by atoms with van der Waals surface area (Å²) in [5.41, 5.74) is 0.559. The molecule has 28 heavy (non-hydrogen) atoms. The van der Waals surface area contributed by atoms with E-state index >= 15 is 0 Å². The summed E-state index contributed by atoms with van der Waals surface area (Å²) in [5, 5.41) is 0. The van der Waals surface area contributed by atoms with E-state index in [0.29, 0.717) is 36.7 Å². The van der Waals surface area contributed by atoms with Crippen molar-refractivity contribution in [1.82, 2.24) is 14.8 Å². The third-order valence-electron chi connectivity index (χ3n) is 4.94. The summed E-state index contributed by atoms with van der Waals surface area (Å²) in [6.07, 6.45) is 1.81. The third-order valence-corrected chi connectivity index (χ3v) is 4.94. The Labute approximate surface area is 166 Å². The van der Waals surface area contributed by atoms with Crippen LogP contribution >= 0.6 is 0 Å². The number of benzene rings is 1. The molecule has 0 atom stereocenters. The highest BCUT2D eigenvalue weighted by molar-refractivity contribution is 5.95. The van der Waals surface area contributed by atoms with Gasteiger partial charge in [-0.2, -0.15) is 0 Å². The fraction of sp³-hybridized carbons (Fsp3) is 0.524. The van der Waals surface area contributed by atoms with Crippen LogP contribution in [0.25, 0.3) is 0 Å². The molecule has 152 valence electrons. The van der Waals surface area contributed by atoms with Gasteiger partial charge in [-0.3, -0.25) is 9.69 Å². The van der Waals surface area contributed by atoms with Gasteiger partial charge in [0.2, 0.25) is 5.89 Å². The number of rotatable bonds is 5. The molecule has 0 unspecified atom stereocenters. The van der Waals surface area contributed by atoms with Crippen LogP contribution in [0.5, 0.6) is 11.5 Å². The van der Waals surface area contributed by atoms with Crippen LogP contribution in [-0.4, -0.2) is 61.1 Å². The maximum Gasteiger partial charge on any atom is 0.254 e. The van der Waals surface area contributed by atoms with Crippen LogP contribution < -0.4 is 9.47 Å². The van der Waals surface area contributed by atoms with E-state index in [1.165, 1.54) is 0 Å². The van der Waals surface area contributed by atoms with Crippen molar-refractivity contribution in [2.24, 2.45) is 0 Å². The van der Waals surface area contributed by atoms with Gasteiger partial charge in [-0.15, -0.1) is 0 Å². The first kappa shape index (κ1) is 20.2. The number of piperazine rings is 1. The van der Waals surface area contributed by atoms with Gasteiger partial charge in [0.15, 0.2) is 11.5 Å². The molecule has 1 fully saturated rings. The molecule has 1 aromatic carbocycles. The van der Waals surface area contributed by atoms with E-state index in [4.69, 9.17) is 13.9 Å². The lowest BCUT2D eigenvalue weighted by Gasteiger charge is -2.34. The van der Waals surface area contributed by atoms with Crippen molar-refractivity contribution in [1.29, 1.82) is 0 Å². The first-order valence-electron chi connectivity index (χ1n) is 9.50. The first-order chi connectivity index (χ1) is 13.3. The SMILES string of the molecule is COc1ccc(C(=O)N2CCN(Cc3ncc(C(C)(C)C)o3)CC2)cc1OC. The van der Waals surface area contributed by atoms with Crippen molar-refractivity contribution in [3.63, 3.8) is 0 Å². The summed E-state index contributed by atoms with van der Waals surface area (Å²) in [5.74, 6) is 2.80. The van der Waals surface area contributed by atoms with E-state index in [0.717, 1.165) is 24.7 Å². The van der Waals surface area contributed by atoms with Gasteiger partial charge in [0, 0.05) is 37.2 Å². The summed E-state index contributed by atoms with van der Waals surface area (Å²) < 4.78 is 16.4. The molecule has 1 aliphatic rings. The Bertz CT molecular complexity index is 817. The summed E-state index contributed by atoms with van der Waals surface area (Å²) in [7, 11) is 3.15. The number of ether oxygens (including phenoxy) is 2. The zero-order valence-electron chi connectivity index (χ0n) is 17.3. The van der Waals surface area contributed by atoms with Gasteiger partial charge in [0.1, 0.15) is 5.76 Å². The minimum Gasteiger partial charge on any atom is -0.493 e. The van der Waals surface area contributed by atoms with Crippen LogP contribution in [0.2, 0.25) is 0 Å². The van der Waals surface area contributed by atoms with Gasteiger partial charge in [-0.05, 0) is 18.2 Å². The Hall–Kier alpha value is -2.54. The van der Waals surface area contributed by atoms with Crippen LogP contribution in [-0.2, 0) is 12.0 Å². The monoisotopic (exact) mass is 387 g/mol. The molecule has 0 radical (unpaired) electrons. The molecule has 7 nitrogen and oxygen atoms in total. The topological polar surface area (TPSA) is 68.0 Å². The molecule has 0 aliphatic carbocycles. The van der Waals surface area contributed by atoms with E-state index in [2.05, 4.69) is 30.7 Å². The second-order valence-electron chi connectivity index (χ2n) is 8.01. The maximum atomic E-state index is 12.8. The summed E-state index contributed by atoms with van der Waals surface area (Å²) in [4.78, 5) is 21.4. The molecule has 0 saturated carbocycles. The lowest BCUT2D eigenvalue weighted by atomic mass is 9.94. The highest BCUT2D eigenvalue weighted by Crippen LogP contribution is 2.28. The number of carbonyl (C=O) groups is 1. The standard InChI is InChI=1S/C21H29N3O4/c1-21(2,3)18-13-22-19(28-18)14-23-8-10-24(11-9-23)20(25)15-6-7-16(26-4)17(12-15)27-5/h6-7,12-13H,8-11,14H2,1-5H3. The number of carbonyl (C=O) groups excluding carboxylic acids is 1. The number of amides is 1. The molecule has 1 amide bonds. The Morgan fingerprint density at radius 1 is 1.11 bits per heavy atom. The van der Waals surface area contributed by atoms with E-state index in [-0.39, 0.29) is 11.3 Å². The molecule has 1 aromatic heterocycles. The Morgan fingerprint density at radius 2 is 1.79 bits per heavy atom. The highest BCUT2D eigenvalue weighted by atomic mass is 16.5. The molecule has 2 heterocycles. The average molecular weight is 387 g/mol. The van der Waals surface area contributed by atoms with Crippen LogP contribution in [0, 0.1) is 0 Å². The Morgan fingerprint density at radius 3 is 2.36 bits per heavy atom. The minimum atomic E-state index is -0.0458. The minimum absolute atomic E-state index is 0.00625. The molecular weight excluding hydrogens is 358 g/mol. The van der Waals surface area contributed by atoms with Crippen molar-refractivity contribution < 1.29 is 18.7 Å². The van der Waals surface area contributed by atoms with Crippen molar-refractivity contribution >= 4 is 5.91 Å². The fourth-order valence-corrected chi connectivity index (χ4v) is 3.18. The third kappa shape index (κ3) is 4.47. The largest absolute Gasteiger partial charge is 0.493 e. The van der Waals surface area contributed by atoms with Crippen LogP contribution in [0.15, 0.2) is 28.8 Å². The number of aromatic nitrogens is 1. The fourth-order valence-electron chi connectivity index (χ4n) is 3.18. The zero-order valence-corrected chi connectivity index (χ0v) is 17.3. The number of hydrogen-bond acceptors (Lipinski definition) is 6. The van der Waals surface area contributed by atoms with E-state index < -0.39 is 0 Å². The second-order valence-corrected chi connectivity index (χ2v) is 8.01. The molecule has 0 bridgehead atoms. The quantitative estimate of drug-likeness (QED) is 0.786. The van der Waals surface area contributed by atoms with Crippen LogP contribution in [0.1, 0.15) is 42.8 Å². The predicted octanol–water partition coefficient (Wildman–Crippen LogP) is 2.95. The van der Waals surface area contributed by atoms with E-state index in [1.54, 1.807) is 32.4 Å². The van der Waals surface area contributed by atoms with Gasteiger partial charge in [0.05, 0.1) is 27.0 Å².